The van der Waals surface area contributed by atoms with Crippen LogP contribution < -0.4 is 11.1 Å². The summed E-state index contributed by atoms with van der Waals surface area (Å²) >= 11 is 0. The third kappa shape index (κ3) is 4.80. The summed E-state index contributed by atoms with van der Waals surface area (Å²) in [5.74, 6) is -0.250. The molecule has 1 rings (SSSR count). The zero-order chi connectivity index (χ0) is 16.4. The number of nitrogens with one attached hydrogen (secondary N) is 1. The molecular formula is C14H23N3O3S. The van der Waals surface area contributed by atoms with Crippen molar-refractivity contribution in [1.29, 1.82) is 0 Å². The van der Waals surface area contributed by atoms with Crippen LogP contribution in [-0.2, 0) is 14.8 Å². The third-order valence-electron chi connectivity index (χ3n) is 2.85. The Balaban J connectivity index is 3.06. The number of hydrogen-bond acceptors (Lipinski definition) is 4. The molecule has 0 radical (unpaired) electrons. The lowest BCUT2D eigenvalue weighted by Crippen LogP contribution is -2.36. The molecule has 6 nitrogen and oxygen atoms in total. The monoisotopic (exact) mass is 313 g/mol. The average Bonchev–Trinajstić information content (AvgIpc) is 2.28. The predicted molar refractivity (Wildman–Crippen MR) is 83.6 cm³/mol. The van der Waals surface area contributed by atoms with E-state index in [0.29, 0.717) is 11.3 Å². The number of carbonyl (C=O) groups is 1. The van der Waals surface area contributed by atoms with E-state index in [1.54, 1.807) is 32.9 Å². The lowest BCUT2D eigenvalue weighted by Gasteiger charge is -2.18. The Morgan fingerprint density at radius 1 is 1.33 bits per heavy atom. The van der Waals surface area contributed by atoms with Crippen molar-refractivity contribution in [3.05, 3.63) is 23.8 Å². The molecule has 0 aromatic heterocycles. The fourth-order valence-corrected chi connectivity index (χ4v) is 2.92. The SMILES string of the molecule is Cc1ccc(NC(=O)CC(C)(C)N)cc1S(=O)(=O)N(C)C. The van der Waals surface area contributed by atoms with Gasteiger partial charge in [0.15, 0.2) is 0 Å². The Labute approximate surface area is 126 Å². The van der Waals surface area contributed by atoms with E-state index in [1.807, 2.05) is 0 Å². The average molecular weight is 313 g/mol. The number of nitrogens with zero attached hydrogens (tertiary/aromatic N) is 1. The molecule has 0 aliphatic heterocycles. The van der Waals surface area contributed by atoms with Crippen LogP contribution in [0.4, 0.5) is 5.69 Å². The minimum atomic E-state index is -3.54. The lowest BCUT2D eigenvalue weighted by atomic mass is 10.0. The van der Waals surface area contributed by atoms with Crippen LogP contribution in [-0.4, -0.2) is 38.3 Å². The van der Waals surface area contributed by atoms with E-state index in [1.165, 1.54) is 20.2 Å². The number of nitrogens with two attached hydrogens (primary N) is 1. The zero-order valence-corrected chi connectivity index (χ0v) is 13.9. The highest BCUT2D eigenvalue weighted by Gasteiger charge is 2.21. The van der Waals surface area contributed by atoms with Crippen LogP contribution in [0, 0.1) is 6.92 Å². The van der Waals surface area contributed by atoms with Gasteiger partial charge in [0, 0.05) is 31.7 Å². The van der Waals surface area contributed by atoms with Crippen LogP contribution >= 0.6 is 0 Å². The predicted octanol–water partition coefficient (Wildman–Crippen LogP) is 1.31. The number of hydrogen-bond donors (Lipinski definition) is 2. The summed E-state index contributed by atoms with van der Waals surface area (Å²) in [7, 11) is -0.605. The second-order valence-electron chi connectivity index (χ2n) is 5.98. The van der Waals surface area contributed by atoms with Crippen molar-refractivity contribution >= 4 is 21.6 Å². The first-order valence-electron chi connectivity index (χ1n) is 6.55. The molecule has 0 fully saturated rings. The zero-order valence-electron chi connectivity index (χ0n) is 13.1. The maximum absolute atomic E-state index is 12.2. The molecule has 0 aliphatic carbocycles. The van der Waals surface area contributed by atoms with E-state index in [0.717, 1.165) is 4.31 Å². The van der Waals surface area contributed by atoms with E-state index in [-0.39, 0.29) is 17.2 Å². The first kappa shape index (κ1) is 17.6. The van der Waals surface area contributed by atoms with Gasteiger partial charge in [0.25, 0.3) is 0 Å². The molecule has 21 heavy (non-hydrogen) atoms. The standard InChI is InChI=1S/C14H23N3O3S/c1-10-6-7-11(16-13(18)9-14(2,3)15)8-12(10)21(19,20)17(4)5/h6-8H,9,15H2,1-5H3,(H,16,18). The largest absolute Gasteiger partial charge is 0.326 e. The van der Waals surface area contributed by atoms with Crippen molar-refractivity contribution in [1.82, 2.24) is 4.31 Å². The minimum Gasteiger partial charge on any atom is -0.326 e. The molecule has 0 aliphatic rings. The normalized spacial score (nSPS) is 12.5. The molecule has 1 aromatic carbocycles. The number of anilines is 1. The Kier molecular flexibility index (Phi) is 5.14. The first-order chi connectivity index (χ1) is 9.43. The van der Waals surface area contributed by atoms with Crippen molar-refractivity contribution in [2.45, 2.75) is 37.6 Å². The summed E-state index contributed by atoms with van der Waals surface area (Å²) in [5, 5.41) is 2.68. The van der Waals surface area contributed by atoms with Crippen LogP contribution in [0.1, 0.15) is 25.8 Å². The highest BCUT2D eigenvalue weighted by Crippen LogP contribution is 2.22. The van der Waals surface area contributed by atoms with Gasteiger partial charge in [-0.05, 0) is 38.5 Å². The Bertz CT molecular complexity index is 631. The third-order valence-corrected chi connectivity index (χ3v) is 4.80. The number of benzene rings is 1. The Morgan fingerprint density at radius 2 is 1.90 bits per heavy atom. The second kappa shape index (κ2) is 6.13. The lowest BCUT2D eigenvalue weighted by molar-refractivity contribution is -0.117. The fraction of sp³-hybridized carbons (Fsp3) is 0.500. The molecule has 0 unspecified atom stereocenters. The maximum Gasteiger partial charge on any atom is 0.242 e. The van der Waals surface area contributed by atoms with E-state index in [9.17, 15) is 13.2 Å². The molecular weight excluding hydrogens is 290 g/mol. The summed E-state index contributed by atoms with van der Waals surface area (Å²) < 4.78 is 25.6. The topological polar surface area (TPSA) is 92.5 Å². The fourth-order valence-electron chi connectivity index (χ4n) is 1.77. The first-order valence-corrected chi connectivity index (χ1v) is 7.99. The van der Waals surface area contributed by atoms with Crippen molar-refractivity contribution in [2.24, 2.45) is 5.73 Å². The highest BCUT2D eigenvalue weighted by molar-refractivity contribution is 7.89. The molecule has 0 saturated carbocycles. The second-order valence-corrected chi connectivity index (χ2v) is 8.10. The molecule has 0 atom stereocenters. The number of amides is 1. The maximum atomic E-state index is 12.2. The molecule has 7 heteroatoms. The smallest absolute Gasteiger partial charge is 0.242 e. The highest BCUT2D eigenvalue weighted by atomic mass is 32.2. The summed E-state index contributed by atoms with van der Waals surface area (Å²) in [6.45, 7) is 5.22. The minimum absolute atomic E-state index is 0.149. The Hall–Kier alpha value is -1.44. The van der Waals surface area contributed by atoms with Crippen LogP contribution in [0.2, 0.25) is 0 Å². The van der Waals surface area contributed by atoms with Gasteiger partial charge in [-0.25, -0.2) is 12.7 Å². The summed E-state index contributed by atoms with van der Waals surface area (Å²) in [6.07, 6.45) is 0.149. The number of rotatable bonds is 5. The van der Waals surface area contributed by atoms with Crippen molar-refractivity contribution in [3.8, 4) is 0 Å². The van der Waals surface area contributed by atoms with Gasteiger partial charge in [-0.3, -0.25) is 4.79 Å². The molecule has 0 heterocycles. The van der Waals surface area contributed by atoms with Crippen LogP contribution in [0.5, 0.6) is 0 Å². The number of sulfonamides is 1. The van der Waals surface area contributed by atoms with Crippen molar-refractivity contribution < 1.29 is 13.2 Å². The molecule has 1 aromatic rings. The van der Waals surface area contributed by atoms with Gasteiger partial charge in [0.2, 0.25) is 15.9 Å². The summed E-state index contributed by atoms with van der Waals surface area (Å²) in [4.78, 5) is 12.0. The van der Waals surface area contributed by atoms with Gasteiger partial charge < -0.3 is 11.1 Å². The molecule has 118 valence electrons. The van der Waals surface area contributed by atoms with Gasteiger partial charge in [-0.1, -0.05) is 6.07 Å². The summed E-state index contributed by atoms with van der Waals surface area (Å²) in [5.41, 5.74) is 6.24. The van der Waals surface area contributed by atoms with Gasteiger partial charge >= 0.3 is 0 Å². The van der Waals surface area contributed by atoms with Crippen LogP contribution in [0.25, 0.3) is 0 Å². The molecule has 0 spiro atoms. The van der Waals surface area contributed by atoms with Crippen molar-refractivity contribution in [3.63, 3.8) is 0 Å². The van der Waals surface area contributed by atoms with Gasteiger partial charge in [-0.15, -0.1) is 0 Å². The summed E-state index contributed by atoms with van der Waals surface area (Å²) in [6, 6.07) is 4.80. The van der Waals surface area contributed by atoms with E-state index in [2.05, 4.69) is 5.32 Å². The molecule has 3 N–H and O–H groups in total. The molecule has 1 amide bonds. The van der Waals surface area contributed by atoms with E-state index < -0.39 is 15.6 Å². The Morgan fingerprint density at radius 3 is 2.38 bits per heavy atom. The van der Waals surface area contributed by atoms with Crippen molar-refractivity contribution in [2.75, 3.05) is 19.4 Å². The quantitative estimate of drug-likeness (QED) is 0.857. The van der Waals surface area contributed by atoms with Gasteiger partial charge in [0.05, 0.1) is 4.90 Å². The molecule has 0 bridgehead atoms. The van der Waals surface area contributed by atoms with Gasteiger partial charge in [-0.2, -0.15) is 0 Å². The molecule has 0 saturated heterocycles. The van der Waals surface area contributed by atoms with Crippen LogP contribution in [0.3, 0.4) is 0 Å². The van der Waals surface area contributed by atoms with Crippen LogP contribution in [0.15, 0.2) is 23.1 Å². The number of aryl methyl sites for hydroxylation is 1. The van der Waals surface area contributed by atoms with Gasteiger partial charge in [0.1, 0.15) is 0 Å². The number of carbonyl (C=O) groups excluding carboxylic acids is 1. The van der Waals surface area contributed by atoms with E-state index >= 15 is 0 Å². The van der Waals surface area contributed by atoms with E-state index in [4.69, 9.17) is 5.73 Å².